The van der Waals surface area contributed by atoms with Crippen LogP contribution >= 0.6 is 0 Å². The number of nitrogens with zero attached hydrogens (tertiary/aromatic N) is 1. The van der Waals surface area contributed by atoms with Crippen LogP contribution < -0.4 is 15.2 Å². The van der Waals surface area contributed by atoms with Gasteiger partial charge in [0.05, 0.1) is 18.7 Å². The van der Waals surface area contributed by atoms with Crippen molar-refractivity contribution >= 4 is 17.4 Å². The fraction of sp³-hybridized carbons (Fsp3) is 0.368. The molecule has 7 heteroatoms. The maximum absolute atomic E-state index is 12.6. The molecule has 1 saturated heterocycles. The van der Waals surface area contributed by atoms with E-state index < -0.39 is 11.7 Å². The van der Waals surface area contributed by atoms with Crippen LogP contribution in [0.5, 0.6) is 0 Å². The molecule has 0 atom stereocenters. The van der Waals surface area contributed by atoms with E-state index >= 15 is 0 Å². The summed E-state index contributed by atoms with van der Waals surface area (Å²) in [4.78, 5) is 17.1. The first kappa shape index (κ1) is 18.2. The zero-order valence-corrected chi connectivity index (χ0v) is 14.4. The number of hydrogen-bond acceptors (Lipinski definition) is 2. The number of anilines is 2. The molecule has 2 N–H and O–H groups in total. The molecule has 0 aliphatic carbocycles. The third-order valence-corrected chi connectivity index (χ3v) is 4.65. The lowest BCUT2D eigenvalue weighted by Gasteiger charge is -2.27. The number of halogens is 3. The van der Waals surface area contributed by atoms with E-state index in [1.54, 1.807) is 0 Å². The van der Waals surface area contributed by atoms with E-state index in [4.69, 9.17) is 0 Å². The van der Waals surface area contributed by atoms with Crippen LogP contribution in [-0.4, -0.2) is 19.0 Å². The van der Waals surface area contributed by atoms with E-state index in [1.165, 1.54) is 6.07 Å². The summed E-state index contributed by atoms with van der Waals surface area (Å²) in [5.41, 5.74) is 1.21. The smallest absolute Gasteiger partial charge is 0.326 e. The molecule has 1 amide bonds. The van der Waals surface area contributed by atoms with E-state index in [9.17, 15) is 18.0 Å². The summed E-state index contributed by atoms with van der Waals surface area (Å²) < 4.78 is 37.9. The molecule has 138 valence electrons. The maximum atomic E-state index is 12.6. The zero-order chi connectivity index (χ0) is 18.7. The number of rotatable bonds is 3. The van der Waals surface area contributed by atoms with Gasteiger partial charge in [0.15, 0.2) is 0 Å². The number of aryl methyl sites for hydroxylation is 1. The molecule has 0 spiro atoms. The zero-order valence-electron chi connectivity index (χ0n) is 14.4. The summed E-state index contributed by atoms with van der Waals surface area (Å²) in [6, 6.07) is 10.1. The van der Waals surface area contributed by atoms with Gasteiger partial charge in [0.2, 0.25) is 5.91 Å². The van der Waals surface area contributed by atoms with Crippen molar-refractivity contribution in [3.05, 3.63) is 53.7 Å². The van der Waals surface area contributed by atoms with Gasteiger partial charge < -0.3 is 5.32 Å². The first-order valence-electron chi connectivity index (χ1n) is 8.54. The number of benzene rings is 1. The molecule has 2 aromatic rings. The van der Waals surface area contributed by atoms with Gasteiger partial charge in [-0.3, -0.25) is 9.69 Å². The van der Waals surface area contributed by atoms with Crippen LogP contribution in [0.15, 0.2) is 42.6 Å². The van der Waals surface area contributed by atoms with Crippen LogP contribution in [0.25, 0.3) is 0 Å². The highest BCUT2D eigenvalue weighted by Gasteiger charge is 2.33. The number of pyridine rings is 1. The Hall–Kier alpha value is -2.57. The molecule has 1 aliphatic heterocycles. The highest BCUT2D eigenvalue weighted by atomic mass is 19.4. The Kier molecular flexibility index (Phi) is 5.15. The van der Waals surface area contributed by atoms with Crippen LogP contribution in [-0.2, 0) is 11.0 Å². The van der Waals surface area contributed by atoms with E-state index in [1.807, 2.05) is 36.1 Å². The summed E-state index contributed by atoms with van der Waals surface area (Å²) in [7, 11) is 0. The summed E-state index contributed by atoms with van der Waals surface area (Å²) in [5.74, 6) is 0.530. The number of carbonyl (C=O) groups is 1. The molecule has 26 heavy (non-hydrogen) atoms. The van der Waals surface area contributed by atoms with Crippen molar-refractivity contribution in [1.82, 2.24) is 0 Å². The van der Waals surface area contributed by atoms with Crippen LogP contribution in [0.3, 0.4) is 0 Å². The fourth-order valence-corrected chi connectivity index (χ4v) is 3.05. The van der Waals surface area contributed by atoms with Gasteiger partial charge in [-0.05, 0) is 38.0 Å². The number of alkyl halides is 3. The lowest BCUT2D eigenvalue weighted by atomic mass is 9.95. The monoisotopic (exact) mass is 364 g/mol. The minimum Gasteiger partial charge on any atom is -0.326 e. The van der Waals surface area contributed by atoms with Gasteiger partial charge in [-0.25, -0.2) is 4.98 Å². The Morgan fingerprint density at radius 3 is 2.31 bits per heavy atom. The quantitative estimate of drug-likeness (QED) is 0.903. The van der Waals surface area contributed by atoms with E-state index in [0.717, 1.165) is 23.5 Å². The highest BCUT2D eigenvalue weighted by Crippen LogP contribution is 2.29. The van der Waals surface area contributed by atoms with E-state index in [0.29, 0.717) is 31.7 Å². The lowest BCUT2D eigenvalue weighted by Crippen LogP contribution is -2.40. The summed E-state index contributed by atoms with van der Waals surface area (Å²) >= 11 is 0. The number of amides is 1. The molecule has 1 aliphatic rings. The van der Waals surface area contributed by atoms with Gasteiger partial charge in [-0.15, -0.1) is 0 Å². The Morgan fingerprint density at radius 2 is 1.77 bits per heavy atom. The second-order valence-electron chi connectivity index (χ2n) is 6.58. The van der Waals surface area contributed by atoms with Gasteiger partial charge in [0, 0.05) is 17.7 Å². The van der Waals surface area contributed by atoms with Crippen LogP contribution in [0.4, 0.5) is 24.7 Å². The third-order valence-electron chi connectivity index (χ3n) is 4.65. The molecular formula is C19H21F3N3O+. The largest absolute Gasteiger partial charge is 0.419 e. The molecule has 0 unspecified atom stereocenters. The molecule has 1 fully saturated rings. The van der Waals surface area contributed by atoms with E-state index in [-0.39, 0.29) is 11.8 Å². The number of hydrogen-bond donors (Lipinski definition) is 1. The molecule has 0 bridgehead atoms. The van der Waals surface area contributed by atoms with Crippen molar-refractivity contribution < 1.29 is 22.9 Å². The number of H-pyrrole nitrogens is 1. The van der Waals surface area contributed by atoms with Crippen molar-refractivity contribution in [2.75, 3.05) is 23.3 Å². The average Bonchev–Trinajstić information content (AvgIpc) is 2.63. The van der Waals surface area contributed by atoms with Crippen molar-refractivity contribution in [2.24, 2.45) is 5.92 Å². The SMILES string of the molecule is Cc1ccc(NC(=O)C2CCN(c3ccc(C(F)(F)F)c[nH+]3)CC2)cc1. The fourth-order valence-electron chi connectivity index (χ4n) is 3.05. The minimum absolute atomic E-state index is 0.00935. The van der Waals surface area contributed by atoms with Crippen LogP contribution in [0, 0.1) is 12.8 Å². The van der Waals surface area contributed by atoms with Crippen LogP contribution in [0.1, 0.15) is 24.0 Å². The molecule has 1 aromatic heterocycles. The molecular weight excluding hydrogens is 343 g/mol. The first-order valence-corrected chi connectivity index (χ1v) is 8.54. The van der Waals surface area contributed by atoms with E-state index in [2.05, 4.69) is 10.3 Å². The first-order chi connectivity index (χ1) is 12.3. The van der Waals surface area contributed by atoms with Crippen molar-refractivity contribution in [1.29, 1.82) is 0 Å². The summed E-state index contributed by atoms with van der Waals surface area (Å²) in [6.45, 7) is 3.22. The number of piperidine rings is 1. The standard InChI is InChI=1S/C19H20F3N3O/c1-13-2-5-16(6-3-13)24-18(26)14-8-10-25(11-9-14)17-7-4-15(12-23-17)19(20,21)22/h2-7,12,14H,8-11H2,1H3,(H,24,26)/p+1. The maximum Gasteiger partial charge on any atom is 0.419 e. The number of carbonyl (C=O) groups excluding carboxylic acids is 1. The molecule has 1 aromatic carbocycles. The van der Waals surface area contributed by atoms with Crippen LogP contribution in [0.2, 0.25) is 0 Å². The average molecular weight is 364 g/mol. The lowest BCUT2D eigenvalue weighted by molar-refractivity contribution is -0.367. The van der Waals surface area contributed by atoms with Gasteiger partial charge in [-0.2, -0.15) is 13.2 Å². The van der Waals surface area contributed by atoms with Crippen molar-refractivity contribution in [3.8, 4) is 0 Å². The Labute approximate surface area is 150 Å². The normalized spacial score (nSPS) is 15.8. The minimum atomic E-state index is -4.35. The number of nitrogens with one attached hydrogen (secondary N) is 2. The summed E-state index contributed by atoms with van der Waals surface area (Å²) in [5, 5.41) is 2.93. The Balaban J connectivity index is 1.55. The molecule has 4 nitrogen and oxygen atoms in total. The predicted molar refractivity (Wildman–Crippen MR) is 92.7 cm³/mol. The molecule has 0 saturated carbocycles. The highest BCUT2D eigenvalue weighted by molar-refractivity contribution is 5.92. The van der Waals surface area contributed by atoms with Gasteiger partial charge in [0.1, 0.15) is 6.20 Å². The van der Waals surface area contributed by atoms with Gasteiger partial charge >= 0.3 is 6.18 Å². The molecule has 2 heterocycles. The van der Waals surface area contributed by atoms with Gasteiger partial charge in [-0.1, -0.05) is 17.7 Å². The van der Waals surface area contributed by atoms with Crippen molar-refractivity contribution in [3.63, 3.8) is 0 Å². The summed E-state index contributed by atoms with van der Waals surface area (Å²) in [6.07, 6.45) is -2.05. The second-order valence-corrected chi connectivity index (χ2v) is 6.58. The van der Waals surface area contributed by atoms with Gasteiger partial charge in [0.25, 0.3) is 5.82 Å². The Morgan fingerprint density at radius 1 is 1.12 bits per heavy atom. The predicted octanol–water partition coefficient (Wildman–Crippen LogP) is 3.68. The van der Waals surface area contributed by atoms with Crippen molar-refractivity contribution in [2.45, 2.75) is 25.9 Å². The number of aromatic nitrogens is 1. The molecule has 0 radical (unpaired) electrons. The number of aromatic amines is 1. The molecule has 3 rings (SSSR count). The topological polar surface area (TPSA) is 46.5 Å². The Bertz CT molecular complexity index is 749. The second kappa shape index (κ2) is 7.35. The third kappa shape index (κ3) is 4.33.